The molecule has 32 heavy (non-hydrogen) atoms. The van der Waals surface area contributed by atoms with E-state index in [2.05, 4.69) is 15.6 Å². The maximum absolute atomic E-state index is 13.9. The van der Waals surface area contributed by atoms with E-state index in [0.29, 0.717) is 34.7 Å². The average molecular weight is 464 g/mol. The summed E-state index contributed by atoms with van der Waals surface area (Å²) in [7, 11) is 0. The predicted octanol–water partition coefficient (Wildman–Crippen LogP) is 5.12. The van der Waals surface area contributed by atoms with E-state index in [-0.39, 0.29) is 24.8 Å². The summed E-state index contributed by atoms with van der Waals surface area (Å²) in [6.45, 7) is 2.37. The van der Waals surface area contributed by atoms with Crippen molar-refractivity contribution in [1.82, 2.24) is 15.6 Å². The molecule has 2 aromatic rings. The van der Waals surface area contributed by atoms with Crippen LogP contribution in [0.4, 0.5) is 8.78 Å². The zero-order valence-corrected chi connectivity index (χ0v) is 19.1. The summed E-state index contributed by atoms with van der Waals surface area (Å²) in [4.78, 5) is 3.65. The number of rotatable bonds is 6. The molecule has 0 bridgehead atoms. The number of nitrogens with zero attached hydrogens (tertiary/aromatic N) is 1. The Kier molecular flexibility index (Phi) is 7.33. The first-order valence-electron chi connectivity index (χ1n) is 11.6. The lowest BCUT2D eigenvalue weighted by atomic mass is 9.67. The molecular formula is C25H32ClF2N3O. The number of piperidine rings is 1. The van der Waals surface area contributed by atoms with Crippen LogP contribution in [-0.2, 0) is 6.61 Å². The molecule has 2 atom stereocenters. The Bertz CT molecular complexity index is 912. The van der Waals surface area contributed by atoms with Crippen molar-refractivity contribution in [3.05, 3.63) is 59.4 Å². The molecule has 0 amide bonds. The van der Waals surface area contributed by atoms with Crippen molar-refractivity contribution >= 4 is 12.4 Å². The van der Waals surface area contributed by atoms with Gasteiger partial charge >= 0.3 is 0 Å². The first-order valence-corrected chi connectivity index (χ1v) is 11.6. The Hall–Kier alpha value is -1.76. The van der Waals surface area contributed by atoms with E-state index in [0.717, 1.165) is 12.0 Å². The maximum atomic E-state index is 13.9. The summed E-state index contributed by atoms with van der Waals surface area (Å²) in [6, 6.07) is 9.03. The molecule has 1 aliphatic heterocycles. The number of pyridine rings is 1. The van der Waals surface area contributed by atoms with E-state index in [1.807, 2.05) is 6.07 Å². The third-order valence-corrected chi connectivity index (χ3v) is 7.55. The molecule has 2 heterocycles. The Labute approximate surface area is 194 Å². The van der Waals surface area contributed by atoms with Crippen LogP contribution in [0.5, 0.6) is 5.75 Å². The third kappa shape index (κ3) is 5.24. The fourth-order valence-corrected chi connectivity index (χ4v) is 5.50. The molecule has 0 unspecified atom stereocenters. The van der Waals surface area contributed by atoms with E-state index in [4.69, 9.17) is 4.74 Å². The first kappa shape index (κ1) is 23.4. The van der Waals surface area contributed by atoms with E-state index < -0.39 is 5.95 Å². The molecule has 2 aliphatic carbocycles. The minimum Gasteiger partial charge on any atom is -0.488 e. The van der Waals surface area contributed by atoms with Gasteiger partial charge in [0.2, 0.25) is 5.95 Å². The second-order valence-electron chi connectivity index (χ2n) is 9.56. The maximum Gasteiger partial charge on any atom is 0.219 e. The third-order valence-electron chi connectivity index (χ3n) is 7.55. The molecule has 5 rings (SSSR count). The molecule has 7 heteroatoms. The van der Waals surface area contributed by atoms with E-state index in [9.17, 15) is 8.78 Å². The largest absolute Gasteiger partial charge is 0.488 e. The van der Waals surface area contributed by atoms with Crippen LogP contribution >= 0.6 is 12.4 Å². The van der Waals surface area contributed by atoms with Crippen LogP contribution in [0, 0.1) is 17.2 Å². The summed E-state index contributed by atoms with van der Waals surface area (Å²) in [5.74, 6) is -0.0516. The summed E-state index contributed by atoms with van der Waals surface area (Å²) in [5, 5.41) is 7.34. The number of ether oxygens (including phenoxy) is 1. The number of benzene rings is 1. The zero-order chi connectivity index (χ0) is 21.3. The van der Waals surface area contributed by atoms with Crippen LogP contribution in [0.1, 0.15) is 62.0 Å². The lowest BCUT2D eigenvalue weighted by molar-refractivity contribution is 0.115. The lowest BCUT2D eigenvalue weighted by Crippen LogP contribution is -2.43. The molecule has 0 radical (unpaired) electrons. The van der Waals surface area contributed by atoms with Gasteiger partial charge in [0.15, 0.2) is 0 Å². The van der Waals surface area contributed by atoms with Gasteiger partial charge in [-0.2, -0.15) is 4.39 Å². The van der Waals surface area contributed by atoms with Gasteiger partial charge in [0.1, 0.15) is 18.2 Å². The fourth-order valence-electron chi connectivity index (χ4n) is 5.50. The van der Waals surface area contributed by atoms with E-state index in [1.54, 1.807) is 12.1 Å². The zero-order valence-electron chi connectivity index (χ0n) is 18.3. The Balaban J connectivity index is 0.00000245. The molecule has 1 aromatic carbocycles. The normalized spacial score (nSPS) is 24.7. The van der Waals surface area contributed by atoms with Gasteiger partial charge in [-0.3, -0.25) is 0 Å². The Morgan fingerprint density at radius 1 is 1.09 bits per heavy atom. The first-order chi connectivity index (χ1) is 15.1. The molecule has 2 saturated carbocycles. The van der Waals surface area contributed by atoms with Crippen molar-refractivity contribution in [2.75, 3.05) is 13.1 Å². The SMILES string of the molecule is Cl.Fc1ccc([C@@H]2C[C@H]2NC2CCC3(CCNCC3)CC2)c(OCc2cccnc2F)c1. The van der Waals surface area contributed by atoms with Gasteiger partial charge in [-0.15, -0.1) is 12.4 Å². The van der Waals surface area contributed by atoms with Crippen molar-refractivity contribution in [2.45, 2.75) is 69.6 Å². The van der Waals surface area contributed by atoms with Crippen LogP contribution in [0.25, 0.3) is 0 Å². The highest BCUT2D eigenvalue weighted by molar-refractivity contribution is 5.85. The lowest BCUT2D eigenvalue weighted by Gasteiger charge is -2.43. The predicted molar refractivity (Wildman–Crippen MR) is 123 cm³/mol. The topological polar surface area (TPSA) is 46.2 Å². The van der Waals surface area contributed by atoms with E-state index in [1.165, 1.54) is 69.9 Å². The van der Waals surface area contributed by atoms with Crippen LogP contribution in [-0.4, -0.2) is 30.2 Å². The second kappa shape index (κ2) is 10.0. The van der Waals surface area contributed by atoms with Crippen molar-refractivity contribution < 1.29 is 13.5 Å². The van der Waals surface area contributed by atoms with Gasteiger partial charge in [-0.1, -0.05) is 6.07 Å². The van der Waals surface area contributed by atoms with Crippen molar-refractivity contribution in [1.29, 1.82) is 0 Å². The van der Waals surface area contributed by atoms with Crippen LogP contribution in [0.2, 0.25) is 0 Å². The second-order valence-corrected chi connectivity index (χ2v) is 9.56. The molecule has 1 saturated heterocycles. The Morgan fingerprint density at radius 3 is 2.62 bits per heavy atom. The monoisotopic (exact) mass is 463 g/mol. The molecule has 4 nitrogen and oxygen atoms in total. The minimum atomic E-state index is -0.546. The number of hydrogen-bond donors (Lipinski definition) is 2. The highest BCUT2D eigenvalue weighted by Gasteiger charge is 2.43. The summed E-state index contributed by atoms with van der Waals surface area (Å²) >= 11 is 0. The standard InChI is InChI=1S/C25H31F2N3O.ClH/c26-18-3-4-20(23(14-18)31-16-17-2-1-11-29-24(17)27)21-15-22(21)30-19-5-7-25(8-6-19)9-12-28-13-10-25;/h1-4,11,14,19,21-22,28,30H,5-10,12-13,15-16H2;1H/t21-,22+;/m0./s1. The van der Waals surface area contributed by atoms with Gasteiger partial charge in [0, 0.05) is 35.8 Å². The molecule has 3 fully saturated rings. The van der Waals surface area contributed by atoms with Crippen molar-refractivity contribution in [3.63, 3.8) is 0 Å². The quantitative estimate of drug-likeness (QED) is 0.584. The number of nitrogens with one attached hydrogen (secondary N) is 2. The molecule has 1 spiro atoms. The molecule has 1 aromatic heterocycles. The van der Waals surface area contributed by atoms with Crippen molar-refractivity contribution in [2.24, 2.45) is 5.41 Å². The number of aromatic nitrogens is 1. The van der Waals surface area contributed by atoms with Gasteiger partial charge in [-0.25, -0.2) is 9.37 Å². The number of halogens is 3. The summed E-state index contributed by atoms with van der Waals surface area (Å²) in [5.41, 5.74) is 1.96. The minimum absolute atomic E-state index is 0. The van der Waals surface area contributed by atoms with Crippen molar-refractivity contribution in [3.8, 4) is 5.75 Å². The molecule has 174 valence electrons. The van der Waals surface area contributed by atoms with Gasteiger partial charge in [0.05, 0.1) is 0 Å². The van der Waals surface area contributed by atoms with Gasteiger partial charge in [-0.05, 0) is 87.2 Å². The molecule has 2 N–H and O–H groups in total. The highest BCUT2D eigenvalue weighted by Crippen LogP contribution is 2.48. The van der Waals surface area contributed by atoms with Gasteiger partial charge in [0.25, 0.3) is 0 Å². The van der Waals surface area contributed by atoms with E-state index >= 15 is 0 Å². The Morgan fingerprint density at radius 2 is 1.88 bits per heavy atom. The van der Waals surface area contributed by atoms with Crippen LogP contribution < -0.4 is 15.4 Å². The number of hydrogen-bond acceptors (Lipinski definition) is 4. The molecule has 3 aliphatic rings. The van der Waals surface area contributed by atoms with Crippen LogP contribution in [0.15, 0.2) is 36.5 Å². The fraction of sp³-hybridized carbons (Fsp3) is 0.560. The highest BCUT2D eigenvalue weighted by atomic mass is 35.5. The summed E-state index contributed by atoms with van der Waals surface area (Å²) < 4.78 is 33.6. The summed E-state index contributed by atoms with van der Waals surface area (Å²) in [6.07, 6.45) is 10.2. The molecular weight excluding hydrogens is 432 g/mol. The van der Waals surface area contributed by atoms with Gasteiger partial charge < -0.3 is 15.4 Å². The van der Waals surface area contributed by atoms with Crippen LogP contribution in [0.3, 0.4) is 0 Å². The average Bonchev–Trinajstić information content (AvgIpc) is 3.54. The smallest absolute Gasteiger partial charge is 0.219 e.